The van der Waals surface area contributed by atoms with Crippen LogP contribution in [0.15, 0.2) is 8.94 Å². The first-order valence-electron chi connectivity index (χ1n) is 2.75. The standard InChI is InChI=1S/C5H8O2Se3/c1-3-4(2)9-5(8-3)10(6)7/h5,10H,1-2H3. The first-order valence-corrected chi connectivity index (χ1v) is 9.06. The topological polar surface area (TPSA) is 34.1 Å². The summed E-state index contributed by atoms with van der Waals surface area (Å²) in [6.45, 7) is 4.13. The maximum atomic E-state index is 10.6. The molecule has 0 amide bonds. The molecule has 10 heavy (non-hydrogen) atoms. The third kappa shape index (κ3) is 1.94. The van der Waals surface area contributed by atoms with Crippen LogP contribution in [0.3, 0.4) is 0 Å². The van der Waals surface area contributed by atoms with Gasteiger partial charge in [0.25, 0.3) is 0 Å². The minimum atomic E-state index is -2.85. The Morgan fingerprint density at radius 1 is 1.20 bits per heavy atom. The molecule has 0 aliphatic carbocycles. The van der Waals surface area contributed by atoms with Crippen LogP contribution in [0.2, 0.25) is 2.61 Å². The van der Waals surface area contributed by atoms with Crippen molar-refractivity contribution in [2.75, 3.05) is 0 Å². The van der Waals surface area contributed by atoms with Gasteiger partial charge in [0.15, 0.2) is 0 Å². The first kappa shape index (κ1) is 8.99. The zero-order valence-electron chi connectivity index (χ0n) is 5.66. The fourth-order valence-electron chi connectivity index (χ4n) is 0.579. The predicted molar refractivity (Wildman–Crippen MR) is 42.2 cm³/mol. The Kier molecular flexibility index (Phi) is 3.17. The molecule has 2 nitrogen and oxygen atoms in total. The molecule has 0 radical (unpaired) electrons. The molecule has 1 aliphatic heterocycles. The van der Waals surface area contributed by atoms with Crippen molar-refractivity contribution in [3.8, 4) is 0 Å². The van der Waals surface area contributed by atoms with Gasteiger partial charge in [0.2, 0.25) is 0 Å². The summed E-state index contributed by atoms with van der Waals surface area (Å²) in [5, 5.41) is 0. The molecule has 0 unspecified atom stereocenters. The van der Waals surface area contributed by atoms with Crippen molar-refractivity contribution < 1.29 is 7.67 Å². The van der Waals surface area contributed by atoms with Crippen molar-refractivity contribution >= 4 is 43.7 Å². The average Bonchev–Trinajstić information content (AvgIpc) is 2.13. The second kappa shape index (κ2) is 3.53. The molecule has 0 aromatic carbocycles. The van der Waals surface area contributed by atoms with Crippen LogP contribution in [0, 0.1) is 0 Å². The number of allylic oxidation sites excluding steroid dienone is 2. The van der Waals surface area contributed by atoms with E-state index in [2.05, 4.69) is 13.8 Å². The fraction of sp³-hybridized carbons (Fsp3) is 0.600. The molecule has 1 heterocycles. The van der Waals surface area contributed by atoms with Crippen LogP contribution in [-0.4, -0.2) is 43.7 Å². The van der Waals surface area contributed by atoms with Crippen molar-refractivity contribution in [2.45, 2.75) is 16.5 Å². The zero-order chi connectivity index (χ0) is 7.72. The van der Waals surface area contributed by atoms with E-state index >= 15 is 0 Å². The zero-order valence-corrected chi connectivity index (χ0v) is 11.0. The molecule has 0 N–H and O–H groups in total. The summed E-state index contributed by atoms with van der Waals surface area (Å²) in [7, 11) is 0. The summed E-state index contributed by atoms with van der Waals surface area (Å²) < 4.78 is 24.1. The second-order valence-electron chi connectivity index (χ2n) is 1.94. The molecule has 1 rings (SSSR count). The van der Waals surface area contributed by atoms with Gasteiger partial charge < -0.3 is 0 Å². The monoisotopic (exact) mass is 340 g/mol. The van der Waals surface area contributed by atoms with Crippen LogP contribution in [-0.2, 0) is 7.67 Å². The van der Waals surface area contributed by atoms with Crippen LogP contribution in [0.25, 0.3) is 0 Å². The Labute approximate surface area is 76.4 Å². The summed E-state index contributed by atoms with van der Waals surface area (Å²) in [6, 6.07) is 0. The number of hydrogen-bond donors (Lipinski definition) is 0. The molecule has 0 fully saturated rings. The van der Waals surface area contributed by atoms with Gasteiger partial charge in [-0.3, -0.25) is 0 Å². The fourth-order valence-corrected chi connectivity index (χ4v) is 13.1. The molecular weight excluding hydrogens is 329 g/mol. The van der Waals surface area contributed by atoms with Crippen molar-refractivity contribution in [1.82, 2.24) is 0 Å². The number of hydrogen-bond acceptors (Lipinski definition) is 2. The Morgan fingerprint density at radius 2 is 1.60 bits per heavy atom. The Bertz CT molecular complexity index is 219. The molecule has 0 atom stereocenters. The van der Waals surface area contributed by atoms with Crippen LogP contribution in [0.5, 0.6) is 0 Å². The molecule has 0 aromatic heterocycles. The average molecular weight is 337 g/mol. The van der Waals surface area contributed by atoms with E-state index in [1.165, 1.54) is 8.94 Å². The second-order valence-corrected chi connectivity index (χ2v) is 14.7. The van der Waals surface area contributed by atoms with E-state index in [1.807, 2.05) is 0 Å². The van der Waals surface area contributed by atoms with Gasteiger partial charge >= 0.3 is 76.8 Å². The van der Waals surface area contributed by atoms with Crippen molar-refractivity contribution in [3.63, 3.8) is 0 Å². The molecular formula is C5H8O2Se3. The van der Waals surface area contributed by atoms with Crippen molar-refractivity contribution in [1.29, 1.82) is 0 Å². The maximum absolute atomic E-state index is 10.6. The van der Waals surface area contributed by atoms with E-state index in [1.54, 1.807) is 0 Å². The van der Waals surface area contributed by atoms with E-state index in [4.69, 9.17) is 0 Å². The van der Waals surface area contributed by atoms with Gasteiger partial charge in [0.05, 0.1) is 0 Å². The third-order valence-corrected chi connectivity index (χ3v) is 14.4. The number of rotatable bonds is 1. The molecule has 0 saturated carbocycles. The minimum absolute atomic E-state index is 0.104. The molecule has 58 valence electrons. The molecule has 1 aliphatic rings. The Hall–Kier alpha value is 0.898. The van der Waals surface area contributed by atoms with E-state index in [-0.39, 0.29) is 32.5 Å². The van der Waals surface area contributed by atoms with Crippen LogP contribution in [0.4, 0.5) is 0 Å². The summed E-state index contributed by atoms with van der Waals surface area (Å²) in [5.41, 5.74) is 0. The van der Waals surface area contributed by atoms with Gasteiger partial charge in [-0.15, -0.1) is 0 Å². The van der Waals surface area contributed by atoms with Crippen molar-refractivity contribution in [2.24, 2.45) is 0 Å². The van der Waals surface area contributed by atoms with Crippen LogP contribution in [0.1, 0.15) is 13.8 Å². The van der Waals surface area contributed by atoms with E-state index in [0.29, 0.717) is 0 Å². The molecule has 0 aromatic rings. The summed E-state index contributed by atoms with van der Waals surface area (Å²) in [5.74, 6) is 0. The summed E-state index contributed by atoms with van der Waals surface area (Å²) in [4.78, 5) is 0. The van der Waals surface area contributed by atoms with Gasteiger partial charge in [0.1, 0.15) is 0 Å². The SMILES string of the molecule is CC1=C(C)[Se]C([SeH](=O)=O)[Se]1. The predicted octanol–water partition coefficient (Wildman–Crippen LogP) is 0.0265. The van der Waals surface area contributed by atoms with E-state index in [9.17, 15) is 7.67 Å². The molecule has 5 heteroatoms. The van der Waals surface area contributed by atoms with Crippen LogP contribution < -0.4 is 0 Å². The third-order valence-electron chi connectivity index (χ3n) is 1.22. The van der Waals surface area contributed by atoms with Gasteiger partial charge in [0, 0.05) is 0 Å². The van der Waals surface area contributed by atoms with Gasteiger partial charge in [-0.2, -0.15) is 0 Å². The summed E-state index contributed by atoms with van der Waals surface area (Å²) in [6.07, 6.45) is 0. The summed E-state index contributed by atoms with van der Waals surface area (Å²) >= 11 is -2.28. The Balaban J connectivity index is 2.68. The molecule has 0 bridgehead atoms. The van der Waals surface area contributed by atoms with Crippen molar-refractivity contribution in [3.05, 3.63) is 8.94 Å². The van der Waals surface area contributed by atoms with Gasteiger partial charge in [-0.25, -0.2) is 0 Å². The molecule has 0 spiro atoms. The van der Waals surface area contributed by atoms with Gasteiger partial charge in [-0.05, 0) is 0 Å². The Morgan fingerprint density at radius 3 is 1.80 bits per heavy atom. The van der Waals surface area contributed by atoms with E-state index in [0.717, 1.165) is 0 Å². The normalized spacial score (nSPS) is 21.1. The first-order chi connectivity index (χ1) is 4.61. The quantitative estimate of drug-likeness (QED) is 0.633. The molecule has 0 saturated heterocycles. The van der Waals surface area contributed by atoms with E-state index < -0.39 is 13.8 Å². The van der Waals surface area contributed by atoms with Gasteiger partial charge in [-0.1, -0.05) is 0 Å². The van der Waals surface area contributed by atoms with Crippen LogP contribution >= 0.6 is 0 Å².